The van der Waals surface area contributed by atoms with Crippen LogP contribution in [0.3, 0.4) is 0 Å². The second-order valence-electron chi connectivity index (χ2n) is 5.71. The highest BCUT2D eigenvalue weighted by molar-refractivity contribution is 7.99. The molecule has 0 saturated carbocycles. The van der Waals surface area contributed by atoms with Crippen LogP contribution in [0, 0.1) is 0 Å². The molecule has 0 N–H and O–H groups in total. The summed E-state index contributed by atoms with van der Waals surface area (Å²) in [7, 11) is 0. The maximum absolute atomic E-state index is 6.01. The van der Waals surface area contributed by atoms with Crippen molar-refractivity contribution in [1.29, 1.82) is 0 Å². The van der Waals surface area contributed by atoms with Crippen molar-refractivity contribution >= 4 is 35.0 Å². The molecule has 0 aliphatic heterocycles. The third-order valence-corrected chi connectivity index (χ3v) is 5.81. The first kappa shape index (κ1) is 18.7. The van der Waals surface area contributed by atoms with Gasteiger partial charge in [-0.1, -0.05) is 60.7 Å². The standard InChI is InChI=1S/C20H24Cl2S/c21-13-11-19(17-7-3-1-4-8-17)15-23-16-20(12-14-22)18-9-5-2-6-10-18/h1-10,19-20H,11-16H2. The van der Waals surface area contributed by atoms with Gasteiger partial charge in [-0.05, 0) is 35.8 Å². The van der Waals surface area contributed by atoms with E-state index in [-0.39, 0.29) is 0 Å². The molecular formula is C20H24Cl2S. The van der Waals surface area contributed by atoms with E-state index in [9.17, 15) is 0 Å². The van der Waals surface area contributed by atoms with Crippen LogP contribution in [0.4, 0.5) is 0 Å². The van der Waals surface area contributed by atoms with Crippen LogP contribution >= 0.6 is 35.0 Å². The number of rotatable bonds is 10. The summed E-state index contributed by atoms with van der Waals surface area (Å²) in [4.78, 5) is 0. The molecule has 0 aromatic heterocycles. The molecule has 2 rings (SSSR count). The van der Waals surface area contributed by atoms with Crippen molar-refractivity contribution in [3.05, 3.63) is 71.8 Å². The molecule has 0 amide bonds. The highest BCUT2D eigenvalue weighted by Crippen LogP contribution is 2.29. The molecular weight excluding hydrogens is 343 g/mol. The highest BCUT2D eigenvalue weighted by Gasteiger charge is 2.14. The molecule has 2 unspecified atom stereocenters. The Balaban J connectivity index is 1.92. The van der Waals surface area contributed by atoms with Gasteiger partial charge < -0.3 is 0 Å². The van der Waals surface area contributed by atoms with E-state index in [1.807, 2.05) is 11.8 Å². The highest BCUT2D eigenvalue weighted by atomic mass is 35.5. The van der Waals surface area contributed by atoms with Gasteiger partial charge in [0.15, 0.2) is 0 Å². The summed E-state index contributed by atoms with van der Waals surface area (Å²) in [6.07, 6.45) is 2.06. The number of hydrogen-bond donors (Lipinski definition) is 0. The minimum atomic E-state index is 0.533. The average molecular weight is 367 g/mol. The Morgan fingerprint density at radius 1 is 0.652 bits per heavy atom. The lowest BCUT2D eigenvalue weighted by Gasteiger charge is -2.19. The normalized spacial score (nSPS) is 13.7. The van der Waals surface area contributed by atoms with Crippen molar-refractivity contribution in [3.63, 3.8) is 0 Å². The van der Waals surface area contributed by atoms with Gasteiger partial charge in [0, 0.05) is 23.3 Å². The van der Waals surface area contributed by atoms with Crippen LogP contribution in [0.2, 0.25) is 0 Å². The third-order valence-electron chi connectivity index (χ3n) is 4.10. The fraction of sp³-hybridized carbons (Fsp3) is 0.400. The summed E-state index contributed by atoms with van der Waals surface area (Å²) >= 11 is 14.0. The van der Waals surface area contributed by atoms with Crippen LogP contribution in [0.5, 0.6) is 0 Å². The molecule has 0 heterocycles. The third kappa shape index (κ3) is 6.41. The van der Waals surface area contributed by atoms with Crippen LogP contribution in [0.15, 0.2) is 60.7 Å². The topological polar surface area (TPSA) is 0 Å². The number of hydrogen-bond acceptors (Lipinski definition) is 1. The Hall–Kier alpha value is -0.630. The van der Waals surface area contributed by atoms with Crippen LogP contribution in [0.25, 0.3) is 0 Å². The zero-order chi connectivity index (χ0) is 16.3. The predicted octanol–water partition coefficient (Wildman–Crippen LogP) is 6.55. The van der Waals surface area contributed by atoms with Crippen molar-refractivity contribution in [2.45, 2.75) is 24.7 Å². The minimum Gasteiger partial charge on any atom is -0.161 e. The van der Waals surface area contributed by atoms with Crippen molar-refractivity contribution < 1.29 is 0 Å². The fourth-order valence-corrected chi connectivity index (χ4v) is 4.71. The van der Waals surface area contributed by atoms with Crippen LogP contribution in [-0.2, 0) is 0 Å². The second-order valence-corrected chi connectivity index (χ2v) is 7.54. The smallest absolute Gasteiger partial charge is 0.0229 e. The van der Waals surface area contributed by atoms with Crippen molar-refractivity contribution in [1.82, 2.24) is 0 Å². The van der Waals surface area contributed by atoms with E-state index in [1.165, 1.54) is 11.1 Å². The summed E-state index contributed by atoms with van der Waals surface area (Å²) in [6, 6.07) is 21.4. The molecule has 23 heavy (non-hydrogen) atoms. The molecule has 0 fully saturated rings. The van der Waals surface area contributed by atoms with Gasteiger partial charge >= 0.3 is 0 Å². The van der Waals surface area contributed by atoms with Gasteiger partial charge in [0.1, 0.15) is 0 Å². The SMILES string of the molecule is ClCCC(CSCC(CCCl)c1ccccc1)c1ccccc1. The van der Waals surface area contributed by atoms with Crippen molar-refractivity contribution in [2.24, 2.45) is 0 Å². The Bertz CT molecular complexity index is 480. The Morgan fingerprint density at radius 2 is 1.04 bits per heavy atom. The first-order valence-electron chi connectivity index (χ1n) is 8.14. The summed E-state index contributed by atoms with van der Waals surface area (Å²) in [6.45, 7) is 0. The molecule has 0 aliphatic carbocycles. The summed E-state index contributed by atoms with van der Waals surface area (Å²) in [5.41, 5.74) is 2.79. The van der Waals surface area contributed by atoms with Gasteiger partial charge in [0.05, 0.1) is 0 Å². The van der Waals surface area contributed by atoms with E-state index < -0.39 is 0 Å². The van der Waals surface area contributed by atoms with E-state index in [0.29, 0.717) is 23.6 Å². The molecule has 3 heteroatoms. The molecule has 0 radical (unpaired) electrons. The quantitative estimate of drug-likeness (QED) is 0.429. The lowest BCUT2D eigenvalue weighted by atomic mass is 9.98. The lowest BCUT2D eigenvalue weighted by molar-refractivity contribution is 0.733. The van der Waals surface area contributed by atoms with Gasteiger partial charge in [0.25, 0.3) is 0 Å². The van der Waals surface area contributed by atoms with Gasteiger partial charge in [-0.3, -0.25) is 0 Å². The maximum Gasteiger partial charge on any atom is 0.0229 e. The summed E-state index contributed by atoms with van der Waals surface area (Å²) in [5, 5.41) is 0. The summed E-state index contributed by atoms with van der Waals surface area (Å²) < 4.78 is 0. The molecule has 2 atom stereocenters. The predicted molar refractivity (Wildman–Crippen MR) is 106 cm³/mol. The number of halogens is 2. The van der Waals surface area contributed by atoms with Gasteiger partial charge in [-0.25, -0.2) is 0 Å². The molecule has 0 bridgehead atoms. The molecule has 2 aromatic carbocycles. The van der Waals surface area contributed by atoms with Crippen LogP contribution < -0.4 is 0 Å². The Kier molecular flexibility index (Phi) is 8.96. The van der Waals surface area contributed by atoms with E-state index in [4.69, 9.17) is 23.2 Å². The van der Waals surface area contributed by atoms with Gasteiger partial charge in [0.2, 0.25) is 0 Å². The first-order chi connectivity index (χ1) is 11.3. The largest absolute Gasteiger partial charge is 0.161 e. The molecule has 0 aliphatic rings. The Labute approximate surface area is 154 Å². The van der Waals surface area contributed by atoms with Crippen molar-refractivity contribution in [2.75, 3.05) is 23.3 Å². The first-order valence-corrected chi connectivity index (χ1v) is 10.4. The molecule has 0 saturated heterocycles. The van der Waals surface area contributed by atoms with Crippen LogP contribution in [-0.4, -0.2) is 23.3 Å². The van der Waals surface area contributed by atoms with Crippen molar-refractivity contribution in [3.8, 4) is 0 Å². The minimum absolute atomic E-state index is 0.533. The van der Waals surface area contributed by atoms with Gasteiger partial charge in [-0.2, -0.15) is 11.8 Å². The molecule has 0 nitrogen and oxygen atoms in total. The monoisotopic (exact) mass is 366 g/mol. The zero-order valence-corrected chi connectivity index (χ0v) is 15.7. The lowest BCUT2D eigenvalue weighted by Crippen LogP contribution is -2.07. The fourth-order valence-electron chi connectivity index (χ4n) is 2.76. The molecule has 0 spiro atoms. The van der Waals surface area contributed by atoms with E-state index in [2.05, 4.69) is 60.7 Å². The molecule has 124 valence electrons. The van der Waals surface area contributed by atoms with E-state index in [1.54, 1.807) is 0 Å². The average Bonchev–Trinajstić information content (AvgIpc) is 2.61. The van der Waals surface area contributed by atoms with Gasteiger partial charge in [-0.15, -0.1) is 23.2 Å². The number of alkyl halides is 2. The van der Waals surface area contributed by atoms with E-state index >= 15 is 0 Å². The van der Waals surface area contributed by atoms with Crippen LogP contribution in [0.1, 0.15) is 35.8 Å². The zero-order valence-electron chi connectivity index (χ0n) is 13.3. The maximum atomic E-state index is 6.01. The molecule has 2 aromatic rings. The number of benzene rings is 2. The summed E-state index contributed by atoms with van der Waals surface area (Å²) in [5.74, 6) is 4.72. The Morgan fingerprint density at radius 3 is 1.39 bits per heavy atom. The van der Waals surface area contributed by atoms with E-state index in [0.717, 1.165) is 24.3 Å². The number of thioether (sulfide) groups is 1. The second kappa shape index (κ2) is 11.0.